The summed E-state index contributed by atoms with van der Waals surface area (Å²) in [5.41, 5.74) is 1.12. The molecule has 0 amide bonds. The lowest BCUT2D eigenvalue weighted by molar-refractivity contribution is 0.219. The maximum Gasteiger partial charge on any atom is 0.123 e. The fourth-order valence-electron chi connectivity index (χ4n) is 2.60. The van der Waals surface area contributed by atoms with Gasteiger partial charge in [0.15, 0.2) is 0 Å². The molecule has 2 unspecified atom stereocenters. The standard InChI is InChI=1S/C17H30N2O2/c1-12(2)16(19(4)5)11-18-13(3)15-10-14(20-6)8-9-17(15)21-7/h8-10,12-13,16,18H,11H2,1-7H3. The molecule has 1 aromatic carbocycles. The number of likely N-dealkylation sites (N-methyl/N-ethyl adjacent to an activating group) is 1. The van der Waals surface area contributed by atoms with Crippen LogP contribution in [0.5, 0.6) is 11.5 Å². The smallest absolute Gasteiger partial charge is 0.123 e. The Kier molecular flexibility index (Phi) is 6.99. The van der Waals surface area contributed by atoms with E-state index in [2.05, 4.69) is 45.1 Å². The molecule has 2 atom stereocenters. The Hall–Kier alpha value is -1.26. The highest BCUT2D eigenvalue weighted by atomic mass is 16.5. The molecule has 1 rings (SSSR count). The van der Waals surface area contributed by atoms with E-state index in [4.69, 9.17) is 9.47 Å². The average molecular weight is 294 g/mol. The van der Waals surface area contributed by atoms with Crippen molar-refractivity contribution in [2.24, 2.45) is 5.92 Å². The van der Waals surface area contributed by atoms with Crippen molar-refractivity contribution in [3.8, 4) is 11.5 Å². The normalized spacial score (nSPS) is 14.3. The van der Waals surface area contributed by atoms with E-state index in [1.807, 2.05) is 18.2 Å². The van der Waals surface area contributed by atoms with Gasteiger partial charge in [-0.25, -0.2) is 0 Å². The molecule has 1 N–H and O–H groups in total. The summed E-state index contributed by atoms with van der Waals surface area (Å²) in [5.74, 6) is 2.35. The third kappa shape index (κ3) is 4.90. The number of hydrogen-bond donors (Lipinski definition) is 1. The van der Waals surface area contributed by atoms with Crippen molar-refractivity contribution >= 4 is 0 Å². The number of rotatable bonds is 8. The second-order valence-electron chi connectivity index (χ2n) is 6.01. The van der Waals surface area contributed by atoms with Gasteiger partial charge in [0.25, 0.3) is 0 Å². The zero-order chi connectivity index (χ0) is 16.0. The van der Waals surface area contributed by atoms with Gasteiger partial charge in [-0.2, -0.15) is 0 Å². The van der Waals surface area contributed by atoms with Crippen molar-refractivity contribution in [2.75, 3.05) is 34.9 Å². The monoisotopic (exact) mass is 294 g/mol. The molecule has 1 aromatic rings. The molecular weight excluding hydrogens is 264 g/mol. The Bertz CT molecular complexity index is 425. The van der Waals surface area contributed by atoms with Crippen LogP contribution in [0, 0.1) is 5.92 Å². The quantitative estimate of drug-likeness (QED) is 0.799. The SMILES string of the molecule is COc1ccc(OC)c(C(C)NCC(C(C)C)N(C)C)c1. The fraction of sp³-hybridized carbons (Fsp3) is 0.647. The first-order chi connectivity index (χ1) is 9.90. The lowest BCUT2D eigenvalue weighted by Gasteiger charge is -2.30. The van der Waals surface area contributed by atoms with E-state index >= 15 is 0 Å². The molecule has 0 saturated heterocycles. The molecular formula is C17H30N2O2. The van der Waals surface area contributed by atoms with E-state index in [1.54, 1.807) is 14.2 Å². The van der Waals surface area contributed by atoms with Crippen LogP contribution < -0.4 is 14.8 Å². The van der Waals surface area contributed by atoms with Crippen LogP contribution in [0.15, 0.2) is 18.2 Å². The summed E-state index contributed by atoms with van der Waals surface area (Å²) < 4.78 is 10.8. The van der Waals surface area contributed by atoms with E-state index in [0.717, 1.165) is 23.6 Å². The maximum atomic E-state index is 5.46. The summed E-state index contributed by atoms with van der Waals surface area (Å²) in [6.45, 7) is 7.60. The minimum Gasteiger partial charge on any atom is -0.497 e. The van der Waals surface area contributed by atoms with Crippen LogP contribution in [0.25, 0.3) is 0 Å². The van der Waals surface area contributed by atoms with E-state index < -0.39 is 0 Å². The molecule has 0 heterocycles. The van der Waals surface area contributed by atoms with E-state index in [0.29, 0.717) is 12.0 Å². The Morgan fingerprint density at radius 3 is 2.24 bits per heavy atom. The molecule has 120 valence electrons. The highest BCUT2D eigenvalue weighted by Gasteiger charge is 2.18. The average Bonchev–Trinajstić information content (AvgIpc) is 2.45. The zero-order valence-corrected chi connectivity index (χ0v) is 14.4. The molecule has 21 heavy (non-hydrogen) atoms. The summed E-state index contributed by atoms with van der Waals surface area (Å²) in [6.07, 6.45) is 0. The molecule has 0 aliphatic rings. The summed E-state index contributed by atoms with van der Waals surface area (Å²) in [4.78, 5) is 2.27. The highest BCUT2D eigenvalue weighted by molar-refractivity contribution is 5.42. The first-order valence-corrected chi connectivity index (χ1v) is 7.52. The van der Waals surface area contributed by atoms with Crippen LogP contribution in [0.1, 0.15) is 32.4 Å². The van der Waals surface area contributed by atoms with Gasteiger partial charge in [0.2, 0.25) is 0 Å². The zero-order valence-electron chi connectivity index (χ0n) is 14.4. The van der Waals surface area contributed by atoms with Gasteiger partial charge >= 0.3 is 0 Å². The molecule has 0 aliphatic heterocycles. The van der Waals surface area contributed by atoms with Crippen LogP contribution in [0.2, 0.25) is 0 Å². The minimum atomic E-state index is 0.205. The predicted molar refractivity (Wildman–Crippen MR) is 88.3 cm³/mol. The van der Waals surface area contributed by atoms with Crippen LogP contribution in [-0.2, 0) is 0 Å². The molecule has 0 saturated carbocycles. The van der Waals surface area contributed by atoms with Crippen molar-refractivity contribution < 1.29 is 9.47 Å². The largest absolute Gasteiger partial charge is 0.497 e. The summed E-state index contributed by atoms with van der Waals surface area (Å²) >= 11 is 0. The minimum absolute atomic E-state index is 0.205. The lowest BCUT2D eigenvalue weighted by atomic mass is 10.0. The Balaban J connectivity index is 2.81. The second kappa shape index (κ2) is 8.25. The molecule has 0 fully saturated rings. The number of ether oxygens (including phenoxy) is 2. The van der Waals surface area contributed by atoms with Gasteiger partial charge in [-0.15, -0.1) is 0 Å². The molecule has 0 bridgehead atoms. The van der Waals surface area contributed by atoms with E-state index in [-0.39, 0.29) is 6.04 Å². The molecule has 0 aliphatic carbocycles. The number of hydrogen-bond acceptors (Lipinski definition) is 4. The van der Waals surface area contributed by atoms with Crippen LogP contribution in [0.3, 0.4) is 0 Å². The number of benzene rings is 1. The summed E-state index contributed by atoms with van der Waals surface area (Å²) in [7, 11) is 7.64. The molecule has 0 radical (unpaired) electrons. The topological polar surface area (TPSA) is 33.7 Å². The van der Waals surface area contributed by atoms with Gasteiger partial charge in [-0.05, 0) is 45.1 Å². The molecule has 0 spiro atoms. The van der Waals surface area contributed by atoms with Crippen LogP contribution in [0.4, 0.5) is 0 Å². The van der Waals surface area contributed by atoms with Crippen LogP contribution >= 0.6 is 0 Å². The molecule has 0 aromatic heterocycles. The number of nitrogens with one attached hydrogen (secondary N) is 1. The third-order valence-corrected chi connectivity index (χ3v) is 3.97. The fourth-order valence-corrected chi connectivity index (χ4v) is 2.60. The second-order valence-corrected chi connectivity index (χ2v) is 6.01. The van der Waals surface area contributed by atoms with Gasteiger partial charge in [0.1, 0.15) is 11.5 Å². The van der Waals surface area contributed by atoms with Crippen molar-refractivity contribution in [1.29, 1.82) is 0 Å². The van der Waals surface area contributed by atoms with Crippen LogP contribution in [-0.4, -0.2) is 45.8 Å². The molecule has 4 nitrogen and oxygen atoms in total. The first-order valence-electron chi connectivity index (χ1n) is 7.52. The van der Waals surface area contributed by atoms with Crippen molar-refractivity contribution in [2.45, 2.75) is 32.9 Å². The van der Waals surface area contributed by atoms with Crippen molar-refractivity contribution in [3.63, 3.8) is 0 Å². The summed E-state index contributed by atoms with van der Waals surface area (Å²) in [5, 5.41) is 3.61. The third-order valence-electron chi connectivity index (χ3n) is 3.97. The predicted octanol–water partition coefficient (Wildman–Crippen LogP) is 2.94. The Morgan fingerprint density at radius 1 is 1.10 bits per heavy atom. The highest BCUT2D eigenvalue weighted by Crippen LogP contribution is 2.29. The van der Waals surface area contributed by atoms with Gasteiger partial charge in [-0.3, -0.25) is 0 Å². The van der Waals surface area contributed by atoms with Gasteiger partial charge in [0, 0.05) is 24.2 Å². The number of methoxy groups -OCH3 is 2. The van der Waals surface area contributed by atoms with Crippen molar-refractivity contribution in [1.82, 2.24) is 10.2 Å². The van der Waals surface area contributed by atoms with E-state index in [9.17, 15) is 0 Å². The molecule has 4 heteroatoms. The van der Waals surface area contributed by atoms with Gasteiger partial charge in [0.05, 0.1) is 14.2 Å². The summed E-state index contributed by atoms with van der Waals surface area (Å²) in [6, 6.07) is 6.63. The van der Waals surface area contributed by atoms with Gasteiger partial charge < -0.3 is 19.7 Å². The lowest BCUT2D eigenvalue weighted by Crippen LogP contribution is -2.42. The Labute approximate surface area is 129 Å². The maximum absolute atomic E-state index is 5.46. The van der Waals surface area contributed by atoms with Crippen molar-refractivity contribution in [3.05, 3.63) is 23.8 Å². The van der Waals surface area contributed by atoms with E-state index in [1.165, 1.54) is 0 Å². The number of nitrogens with zero attached hydrogens (tertiary/aromatic N) is 1. The first kappa shape index (κ1) is 17.8. The van der Waals surface area contributed by atoms with Gasteiger partial charge in [-0.1, -0.05) is 13.8 Å². The Morgan fingerprint density at radius 2 is 1.76 bits per heavy atom.